The highest BCUT2D eigenvalue weighted by atomic mass is 35.5. The number of alkyl halides is 1. The maximum atomic E-state index is 13.3. The summed E-state index contributed by atoms with van der Waals surface area (Å²) in [4.78, 5) is 32.8. The number of aromatic amines is 2. The summed E-state index contributed by atoms with van der Waals surface area (Å²) in [6.45, 7) is 19.6. The smallest absolute Gasteiger partial charge is 0.222 e. The van der Waals surface area contributed by atoms with E-state index in [2.05, 4.69) is 82.4 Å². The second-order valence-electron chi connectivity index (χ2n) is 13.0. The zero-order valence-electron chi connectivity index (χ0n) is 29.6. The molecule has 0 unspecified atom stereocenters. The molecule has 3 aromatic rings. The molecule has 3 aromatic heterocycles. The van der Waals surface area contributed by atoms with Gasteiger partial charge in [-0.1, -0.05) is 26.5 Å². The number of ether oxygens (including phenoxy) is 2. The van der Waals surface area contributed by atoms with Crippen LogP contribution in [0.15, 0.2) is 30.8 Å². The van der Waals surface area contributed by atoms with Crippen LogP contribution in [0.3, 0.4) is 0 Å². The summed E-state index contributed by atoms with van der Waals surface area (Å²) < 4.78 is 11.0. The van der Waals surface area contributed by atoms with E-state index in [4.69, 9.17) is 31.0 Å². The van der Waals surface area contributed by atoms with Crippen LogP contribution in [-0.2, 0) is 14.3 Å². The van der Waals surface area contributed by atoms with E-state index in [1.54, 1.807) is 4.90 Å². The molecule has 8 bridgehead atoms. The van der Waals surface area contributed by atoms with Crippen LogP contribution < -0.4 is 0 Å². The van der Waals surface area contributed by atoms with Gasteiger partial charge in [-0.25, -0.2) is 4.98 Å². The number of rotatable bonds is 13. The van der Waals surface area contributed by atoms with Crippen LogP contribution in [0, 0.1) is 20.8 Å². The third-order valence-corrected chi connectivity index (χ3v) is 10.1. The molecule has 0 saturated heterocycles. The normalized spacial score (nSPS) is 16.1. The molecule has 48 heavy (non-hydrogen) atoms. The lowest BCUT2D eigenvalue weighted by molar-refractivity contribution is -0.130. The highest BCUT2D eigenvalue weighted by Crippen LogP contribution is 2.42. The highest BCUT2D eigenvalue weighted by molar-refractivity contribution is 6.17. The van der Waals surface area contributed by atoms with E-state index < -0.39 is 0 Å². The Hall–Kier alpha value is -3.72. The Bertz CT molecular complexity index is 1870. The monoisotopic (exact) mass is 671 g/mol. The number of hydrogen-bond donors (Lipinski definition) is 2. The lowest BCUT2D eigenvalue weighted by Gasteiger charge is -2.20. The van der Waals surface area contributed by atoms with Gasteiger partial charge in [0.25, 0.3) is 0 Å². The van der Waals surface area contributed by atoms with Crippen molar-refractivity contribution in [1.82, 2.24) is 24.8 Å². The molecule has 0 saturated carbocycles. The minimum absolute atomic E-state index is 0.0871. The van der Waals surface area contributed by atoms with Gasteiger partial charge < -0.3 is 24.3 Å². The Kier molecular flexibility index (Phi) is 11.6. The van der Waals surface area contributed by atoms with Crippen molar-refractivity contribution < 1.29 is 14.3 Å². The molecule has 0 spiro atoms. The van der Waals surface area contributed by atoms with Gasteiger partial charge in [0.05, 0.1) is 37.8 Å². The second-order valence-corrected chi connectivity index (χ2v) is 13.3. The molecule has 256 valence electrons. The summed E-state index contributed by atoms with van der Waals surface area (Å²) in [5.41, 5.74) is 15.0. The molecule has 2 atom stereocenters. The summed E-state index contributed by atoms with van der Waals surface area (Å²) in [5, 5.41) is 0. The minimum Gasteiger partial charge on any atom is -0.378 e. The van der Waals surface area contributed by atoms with Gasteiger partial charge in [0.15, 0.2) is 0 Å². The van der Waals surface area contributed by atoms with Crippen LogP contribution in [0.1, 0.15) is 96.9 Å². The molecule has 0 fully saturated rings. The van der Waals surface area contributed by atoms with E-state index in [9.17, 15) is 4.79 Å². The number of allylic oxidation sites excluding steroid dienone is 2. The van der Waals surface area contributed by atoms with Crippen molar-refractivity contribution in [2.24, 2.45) is 0 Å². The third kappa shape index (κ3) is 7.46. The van der Waals surface area contributed by atoms with E-state index in [1.165, 1.54) is 11.1 Å². The fourth-order valence-electron chi connectivity index (χ4n) is 6.85. The van der Waals surface area contributed by atoms with Gasteiger partial charge >= 0.3 is 0 Å². The highest BCUT2D eigenvalue weighted by Gasteiger charge is 2.31. The van der Waals surface area contributed by atoms with Crippen molar-refractivity contribution in [3.05, 3.63) is 75.9 Å². The Morgan fingerprint density at radius 1 is 0.938 bits per heavy atom. The van der Waals surface area contributed by atoms with Gasteiger partial charge in [-0.2, -0.15) is 0 Å². The molecule has 5 heterocycles. The Morgan fingerprint density at radius 3 is 2.33 bits per heavy atom. The first-order valence-electron chi connectivity index (χ1n) is 17.1. The van der Waals surface area contributed by atoms with Gasteiger partial charge in [-0.15, -0.1) is 11.6 Å². The molecule has 5 rings (SSSR count). The quantitative estimate of drug-likeness (QED) is 0.140. The van der Waals surface area contributed by atoms with Crippen LogP contribution in [0.2, 0.25) is 0 Å². The SMILES string of the molecule is C=Cc1c(C)c2cc3nc(c(C)c4cc(C)c(cc5nc(cc1[nH]2)C(C)=C5CC)[nH]4)[C@@H](CCC(=O)N(C)CCOCCOCCCl)[C@@H]3C. The van der Waals surface area contributed by atoms with Gasteiger partial charge in [0.2, 0.25) is 5.91 Å². The van der Waals surface area contributed by atoms with E-state index in [-0.39, 0.29) is 17.7 Å². The van der Waals surface area contributed by atoms with Crippen molar-refractivity contribution in [3.63, 3.8) is 0 Å². The number of nitrogens with one attached hydrogen (secondary N) is 2. The van der Waals surface area contributed by atoms with E-state index in [0.717, 1.165) is 73.5 Å². The molecule has 0 aliphatic carbocycles. The predicted molar refractivity (Wildman–Crippen MR) is 198 cm³/mol. The Balaban J connectivity index is 1.54. The van der Waals surface area contributed by atoms with Gasteiger partial charge in [-0.05, 0) is 92.6 Å². The number of fused-ring (bicyclic) bond motifs is 8. The third-order valence-electron chi connectivity index (χ3n) is 9.94. The number of aromatic nitrogens is 4. The standard InChI is InChI=1S/C39H50ClN5O3/c1-9-28-25(5)34-22-37-29(10-2)24(4)33(42-37)21-35-26(6)30(11-12-38(46)45(8)14-16-48-18-17-47-15-13-40)39(44-35)27(7)32-19-23(3)31(41-32)20-36(28)43-34/h10,19-22,26,30,41-42H,2,9,11-18H2,1,3-8H3/t26-,30-/m0/s1. The van der Waals surface area contributed by atoms with E-state index in [1.807, 2.05) is 13.1 Å². The van der Waals surface area contributed by atoms with E-state index >= 15 is 0 Å². The summed E-state index contributed by atoms with van der Waals surface area (Å²) in [5.74, 6) is 0.780. The van der Waals surface area contributed by atoms with Crippen molar-refractivity contribution in [1.29, 1.82) is 0 Å². The maximum absolute atomic E-state index is 13.3. The molecule has 1 amide bonds. The van der Waals surface area contributed by atoms with Crippen molar-refractivity contribution in [3.8, 4) is 0 Å². The number of H-pyrrole nitrogens is 2. The van der Waals surface area contributed by atoms with Gasteiger partial charge in [0, 0.05) is 76.7 Å². The average molecular weight is 672 g/mol. The fourth-order valence-corrected chi connectivity index (χ4v) is 6.95. The van der Waals surface area contributed by atoms with Gasteiger partial charge in [-0.3, -0.25) is 9.78 Å². The molecule has 2 aliphatic rings. The second kappa shape index (κ2) is 15.7. The lowest BCUT2D eigenvalue weighted by Crippen LogP contribution is -2.30. The first-order chi connectivity index (χ1) is 23.1. The number of likely N-dealkylation sites (N-methyl/N-ethyl adjacent to an activating group) is 1. The molecule has 0 aromatic carbocycles. The molecule has 2 N–H and O–H groups in total. The topological polar surface area (TPSA) is 96.1 Å². The average Bonchev–Trinajstić information content (AvgIpc) is 3.77. The van der Waals surface area contributed by atoms with Crippen LogP contribution in [0.5, 0.6) is 0 Å². The lowest BCUT2D eigenvalue weighted by atomic mass is 9.86. The summed E-state index contributed by atoms with van der Waals surface area (Å²) in [6, 6.07) is 8.70. The zero-order chi connectivity index (χ0) is 34.5. The molecule has 9 heteroatoms. The Labute approximate surface area is 289 Å². The summed E-state index contributed by atoms with van der Waals surface area (Å²) >= 11 is 5.64. The number of halogens is 1. The number of carbonyl (C=O) groups excluding carboxylic acids is 1. The van der Waals surface area contributed by atoms with Gasteiger partial charge in [0.1, 0.15) is 0 Å². The summed E-state index contributed by atoms with van der Waals surface area (Å²) in [7, 11) is 1.84. The Morgan fingerprint density at radius 2 is 1.62 bits per heavy atom. The van der Waals surface area contributed by atoms with Crippen molar-refractivity contribution in [2.75, 3.05) is 45.9 Å². The number of amides is 1. The van der Waals surface area contributed by atoms with Crippen LogP contribution in [0.25, 0.3) is 39.3 Å². The molecule has 2 aliphatic heterocycles. The number of nitrogens with zero attached hydrogens (tertiary/aromatic N) is 3. The fraction of sp³-hybridized carbons (Fsp3) is 0.462. The van der Waals surface area contributed by atoms with Crippen LogP contribution in [-0.4, -0.2) is 76.6 Å². The molecule has 8 nitrogen and oxygen atoms in total. The number of carbonyl (C=O) groups is 1. The predicted octanol–water partition coefficient (Wildman–Crippen LogP) is 8.62. The largest absolute Gasteiger partial charge is 0.378 e. The summed E-state index contributed by atoms with van der Waals surface area (Å²) in [6.07, 6.45) is 3.94. The maximum Gasteiger partial charge on any atom is 0.222 e. The molecular weight excluding hydrogens is 622 g/mol. The zero-order valence-corrected chi connectivity index (χ0v) is 30.3. The van der Waals surface area contributed by atoms with Crippen LogP contribution >= 0.6 is 11.6 Å². The molecular formula is C39H50ClN5O3. The van der Waals surface area contributed by atoms with Crippen molar-refractivity contribution >= 4 is 56.8 Å². The minimum atomic E-state index is 0.0871. The number of aryl methyl sites for hydroxylation is 3. The van der Waals surface area contributed by atoms with Crippen LogP contribution in [0.4, 0.5) is 0 Å². The molecule has 0 radical (unpaired) electrons. The number of hydrogen-bond acceptors (Lipinski definition) is 5. The first-order valence-corrected chi connectivity index (χ1v) is 17.6. The first kappa shape index (κ1) is 35.6. The van der Waals surface area contributed by atoms with Crippen molar-refractivity contribution in [2.45, 2.75) is 72.6 Å². The van der Waals surface area contributed by atoms with E-state index in [0.29, 0.717) is 51.7 Å².